The molecule has 1 N–H and O–H groups in total. The van der Waals surface area contributed by atoms with Crippen molar-refractivity contribution in [2.24, 2.45) is 0 Å². The molecule has 3 aromatic rings. The molecule has 1 atom stereocenters. The first kappa shape index (κ1) is 13.7. The molecule has 3 rings (SSSR count). The summed E-state index contributed by atoms with van der Waals surface area (Å²) in [5, 5.41) is 4.73. The number of benzene rings is 1. The van der Waals surface area contributed by atoms with E-state index in [4.69, 9.17) is 0 Å². The van der Waals surface area contributed by atoms with E-state index in [2.05, 4.69) is 46.5 Å². The lowest BCUT2D eigenvalue weighted by Gasteiger charge is -2.18. The van der Waals surface area contributed by atoms with Gasteiger partial charge in [-0.2, -0.15) is 0 Å². The summed E-state index contributed by atoms with van der Waals surface area (Å²) in [5.74, 6) is 0. The van der Waals surface area contributed by atoms with Crippen molar-refractivity contribution in [3.8, 4) is 0 Å². The van der Waals surface area contributed by atoms with E-state index in [1.807, 2.05) is 36.8 Å². The highest BCUT2D eigenvalue weighted by Crippen LogP contribution is 2.21. The van der Waals surface area contributed by atoms with E-state index in [0.29, 0.717) is 0 Å². The van der Waals surface area contributed by atoms with E-state index in [1.165, 1.54) is 16.5 Å². The molecule has 2 heterocycles. The molecule has 21 heavy (non-hydrogen) atoms. The van der Waals surface area contributed by atoms with Crippen LogP contribution in [0.1, 0.15) is 24.1 Å². The monoisotopic (exact) mass is 277 g/mol. The summed E-state index contributed by atoms with van der Waals surface area (Å²) in [6.07, 6.45) is 6.63. The first-order chi connectivity index (χ1) is 10.4. The zero-order valence-electron chi connectivity index (χ0n) is 12.2. The van der Waals surface area contributed by atoms with E-state index in [1.54, 1.807) is 0 Å². The molecule has 0 spiro atoms. The molecule has 0 bridgehead atoms. The summed E-state index contributed by atoms with van der Waals surface area (Å²) in [6, 6.07) is 14.8. The van der Waals surface area contributed by atoms with Gasteiger partial charge in [0.1, 0.15) is 0 Å². The molecule has 0 saturated carbocycles. The third kappa shape index (κ3) is 3.26. The Kier molecular flexibility index (Phi) is 4.22. The molecule has 2 aromatic heterocycles. The van der Waals surface area contributed by atoms with Crippen molar-refractivity contribution in [2.75, 3.05) is 6.54 Å². The molecule has 0 saturated heterocycles. The Morgan fingerprint density at radius 2 is 2.00 bits per heavy atom. The molecular formula is C18H19N3. The van der Waals surface area contributed by atoms with Crippen LogP contribution in [-0.2, 0) is 6.42 Å². The number of hydrogen-bond donors (Lipinski definition) is 1. The minimum Gasteiger partial charge on any atom is -0.310 e. The standard InChI is InChI=1S/C18H19N3/c1-2-20-18(10-14-6-5-9-19-12-14)16-11-15-7-3-4-8-17(15)21-13-16/h3-9,11-13,18,20H,2,10H2,1H3. The van der Waals surface area contributed by atoms with Crippen molar-refractivity contribution in [1.82, 2.24) is 15.3 Å². The highest BCUT2D eigenvalue weighted by Gasteiger charge is 2.12. The number of nitrogens with zero attached hydrogens (tertiary/aromatic N) is 2. The van der Waals surface area contributed by atoms with Crippen LogP contribution >= 0.6 is 0 Å². The van der Waals surface area contributed by atoms with Crippen molar-refractivity contribution >= 4 is 10.9 Å². The van der Waals surface area contributed by atoms with Crippen LogP contribution in [0, 0.1) is 0 Å². The number of nitrogens with one attached hydrogen (secondary N) is 1. The zero-order chi connectivity index (χ0) is 14.5. The van der Waals surface area contributed by atoms with Gasteiger partial charge in [-0.15, -0.1) is 0 Å². The van der Waals surface area contributed by atoms with Gasteiger partial charge in [0.15, 0.2) is 0 Å². The van der Waals surface area contributed by atoms with Crippen molar-refractivity contribution in [2.45, 2.75) is 19.4 Å². The topological polar surface area (TPSA) is 37.8 Å². The van der Waals surface area contributed by atoms with Gasteiger partial charge in [-0.3, -0.25) is 9.97 Å². The number of likely N-dealkylation sites (N-methyl/N-ethyl adjacent to an activating group) is 1. The fourth-order valence-corrected chi connectivity index (χ4v) is 2.59. The Morgan fingerprint density at radius 1 is 1.10 bits per heavy atom. The quantitative estimate of drug-likeness (QED) is 0.775. The van der Waals surface area contributed by atoms with Gasteiger partial charge in [0.2, 0.25) is 0 Å². The zero-order valence-corrected chi connectivity index (χ0v) is 12.2. The minimum absolute atomic E-state index is 0.260. The highest BCUT2D eigenvalue weighted by atomic mass is 14.9. The maximum Gasteiger partial charge on any atom is 0.0702 e. The van der Waals surface area contributed by atoms with E-state index in [-0.39, 0.29) is 6.04 Å². The summed E-state index contributed by atoms with van der Waals surface area (Å²) in [4.78, 5) is 8.77. The lowest BCUT2D eigenvalue weighted by molar-refractivity contribution is 0.548. The van der Waals surface area contributed by atoms with Crippen LogP contribution < -0.4 is 5.32 Å². The summed E-state index contributed by atoms with van der Waals surface area (Å²) >= 11 is 0. The first-order valence-corrected chi connectivity index (χ1v) is 7.34. The summed E-state index contributed by atoms with van der Waals surface area (Å²) in [5.41, 5.74) is 3.49. The second kappa shape index (κ2) is 6.46. The average Bonchev–Trinajstić information content (AvgIpc) is 2.55. The Bertz CT molecular complexity index is 710. The maximum atomic E-state index is 4.57. The maximum absolute atomic E-state index is 4.57. The fourth-order valence-electron chi connectivity index (χ4n) is 2.59. The molecule has 3 heteroatoms. The number of aromatic nitrogens is 2. The van der Waals surface area contributed by atoms with Gasteiger partial charge in [0.05, 0.1) is 5.52 Å². The fraction of sp³-hybridized carbons (Fsp3) is 0.222. The largest absolute Gasteiger partial charge is 0.310 e. The highest BCUT2D eigenvalue weighted by molar-refractivity contribution is 5.78. The van der Waals surface area contributed by atoms with Crippen molar-refractivity contribution in [3.63, 3.8) is 0 Å². The Balaban J connectivity index is 1.91. The van der Waals surface area contributed by atoms with Crippen molar-refractivity contribution in [3.05, 3.63) is 72.2 Å². The molecule has 3 nitrogen and oxygen atoms in total. The number of para-hydroxylation sites is 1. The molecule has 0 aliphatic carbocycles. The van der Waals surface area contributed by atoms with Crippen molar-refractivity contribution < 1.29 is 0 Å². The van der Waals surface area contributed by atoms with Crippen LogP contribution in [0.4, 0.5) is 0 Å². The summed E-state index contributed by atoms with van der Waals surface area (Å²) < 4.78 is 0. The predicted octanol–water partition coefficient (Wildman–Crippen LogP) is 3.52. The molecule has 0 fully saturated rings. The molecule has 0 amide bonds. The number of pyridine rings is 2. The summed E-state index contributed by atoms with van der Waals surface area (Å²) in [6.45, 7) is 3.06. The smallest absolute Gasteiger partial charge is 0.0702 e. The van der Waals surface area contributed by atoms with Gasteiger partial charge in [-0.05, 0) is 42.3 Å². The second-order valence-electron chi connectivity index (χ2n) is 5.14. The molecule has 1 unspecified atom stereocenters. The lowest BCUT2D eigenvalue weighted by atomic mass is 10.00. The second-order valence-corrected chi connectivity index (χ2v) is 5.14. The van der Waals surface area contributed by atoms with Gasteiger partial charge in [0, 0.05) is 30.0 Å². The predicted molar refractivity (Wildman–Crippen MR) is 86.1 cm³/mol. The number of rotatable bonds is 5. The van der Waals surface area contributed by atoms with E-state index >= 15 is 0 Å². The molecule has 0 radical (unpaired) electrons. The van der Waals surface area contributed by atoms with Crippen LogP contribution in [0.2, 0.25) is 0 Å². The van der Waals surface area contributed by atoms with E-state index in [0.717, 1.165) is 18.5 Å². The molecular weight excluding hydrogens is 258 g/mol. The molecule has 106 valence electrons. The molecule has 0 aliphatic heterocycles. The van der Waals surface area contributed by atoms with E-state index < -0.39 is 0 Å². The molecule has 0 aliphatic rings. The normalized spacial score (nSPS) is 12.4. The Hall–Kier alpha value is -2.26. The van der Waals surface area contributed by atoms with Crippen LogP contribution in [0.15, 0.2) is 61.1 Å². The van der Waals surface area contributed by atoms with Gasteiger partial charge in [-0.1, -0.05) is 31.2 Å². The third-order valence-electron chi connectivity index (χ3n) is 3.63. The van der Waals surface area contributed by atoms with Crippen LogP contribution in [0.5, 0.6) is 0 Å². The van der Waals surface area contributed by atoms with E-state index in [9.17, 15) is 0 Å². The Labute approximate surface area is 125 Å². The summed E-state index contributed by atoms with van der Waals surface area (Å²) in [7, 11) is 0. The van der Waals surface area contributed by atoms with Crippen LogP contribution in [-0.4, -0.2) is 16.5 Å². The Morgan fingerprint density at radius 3 is 2.81 bits per heavy atom. The van der Waals surface area contributed by atoms with Crippen molar-refractivity contribution in [1.29, 1.82) is 0 Å². The first-order valence-electron chi connectivity index (χ1n) is 7.34. The average molecular weight is 277 g/mol. The third-order valence-corrected chi connectivity index (χ3v) is 3.63. The lowest BCUT2D eigenvalue weighted by Crippen LogP contribution is -2.23. The van der Waals surface area contributed by atoms with Crippen LogP contribution in [0.25, 0.3) is 10.9 Å². The SMILES string of the molecule is CCNC(Cc1cccnc1)c1cnc2ccccc2c1. The number of hydrogen-bond acceptors (Lipinski definition) is 3. The van der Waals surface area contributed by atoms with Gasteiger partial charge in [0.25, 0.3) is 0 Å². The number of fused-ring (bicyclic) bond motifs is 1. The van der Waals surface area contributed by atoms with Gasteiger partial charge in [-0.25, -0.2) is 0 Å². The van der Waals surface area contributed by atoms with Gasteiger partial charge >= 0.3 is 0 Å². The van der Waals surface area contributed by atoms with Gasteiger partial charge < -0.3 is 5.32 Å². The minimum atomic E-state index is 0.260. The molecule has 1 aromatic carbocycles. The van der Waals surface area contributed by atoms with Crippen LogP contribution in [0.3, 0.4) is 0 Å².